The molecule has 44 heavy (non-hydrogen) atoms. The Morgan fingerprint density at radius 2 is 1.59 bits per heavy atom. The number of carbonyl (C=O) groups excluding carboxylic acids is 2. The second kappa shape index (κ2) is 13.7. The second-order valence-corrected chi connectivity index (χ2v) is 12.3. The number of aryl methyl sites for hydroxylation is 1. The Morgan fingerprint density at radius 3 is 2.27 bits per heavy atom. The second-order valence-electron chi connectivity index (χ2n) is 10.4. The van der Waals surface area contributed by atoms with Crippen molar-refractivity contribution in [3.05, 3.63) is 120 Å². The molecule has 2 amide bonds. The summed E-state index contributed by atoms with van der Waals surface area (Å²) in [6, 6.07) is 30.2. The molecule has 0 radical (unpaired) electrons. The van der Waals surface area contributed by atoms with E-state index >= 15 is 0 Å². The first-order valence-corrected chi connectivity index (χ1v) is 15.9. The molecule has 0 spiro atoms. The molecule has 9 nitrogen and oxygen atoms in total. The zero-order valence-corrected chi connectivity index (χ0v) is 25.5. The standard InChI is InChI=1S/C34H35N3O6S/c1-3-42-30-19-18-28(20-25(30)2)44(40,41)36(22-27-14-8-5-9-15-27)24-33(38)37-23-32(43-31-17-11-10-16-29(31)37)34(39)35-21-26-12-6-4-7-13-26/h4-20,32H,3,21-24H2,1-2H3,(H,35,39)/t32-/m1/s1. The smallest absolute Gasteiger partial charge is 0.263 e. The van der Waals surface area contributed by atoms with Crippen molar-refractivity contribution in [1.29, 1.82) is 0 Å². The van der Waals surface area contributed by atoms with Gasteiger partial charge in [-0.25, -0.2) is 8.42 Å². The number of nitrogens with zero attached hydrogens (tertiary/aromatic N) is 2. The minimum atomic E-state index is -4.11. The molecule has 228 valence electrons. The van der Waals surface area contributed by atoms with Gasteiger partial charge in [0.25, 0.3) is 5.91 Å². The highest BCUT2D eigenvalue weighted by Crippen LogP contribution is 2.34. The zero-order valence-electron chi connectivity index (χ0n) is 24.7. The average Bonchev–Trinajstić information content (AvgIpc) is 3.04. The third kappa shape index (κ3) is 7.10. The minimum Gasteiger partial charge on any atom is -0.494 e. The molecule has 1 aliphatic rings. The number of fused-ring (bicyclic) bond motifs is 1. The lowest BCUT2D eigenvalue weighted by molar-refractivity contribution is -0.128. The van der Waals surface area contributed by atoms with Crippen molar-refractivity contribution in [2.45, 2.75) is 37.9 Å². The van der Waals surface area contributed by atoms with E-state index in [-0.39, 0.29) is 23.9 Å². The number of nitrogens with one attached hydrogen (secondary N) is 1. The number of carbonyl (C=O) groups is 2. The van der Waals surface area contributed by atoms with Crippen LogP contribution in [0.25, 0.3) is 0 Å². The lowest BCUT2D eigenvalue weighted by Gasteiger charge is -2.35. The van der Waals surface area contributed by atoms with Gasteiger partial charge < -0.3 is 19.7 Å². The number of amides is 2. The summed E-state index contributed by atoms with van der Waals surface area (Å²) in [6.45, 7) is 3.86. The van der Waals surface area contributed by atoms with E-state index in [0.717, 1.165) is 11.1 Å². The van der Waals surface area contributed by atoms with Crippen molar-refractivity contribution >= 4 is 27.5 Å². The lowest BCUT2D eigenvalue weighted by Crippen LogP contribution is -2.52. The number of ether oxygens (including phenoxy) is 2. The summed E-state index contributed by atoms with van der Waals surface area (Å²) in [4.78, 5) is 28.7. The normalized spacial score (nSPS) is 14.4. The van der Waals surface area contributed by atoms with E-state index in [4.69, 9.17) is 9.47 Å². The Hall–Kier alpha value is -4.67. The molecule has 1 atom stereocenters. The highest BCUT2D eigenvalue weighted by molar-refractivity contribution is 7.89. The Kier molecular flexibility index (Phi) is 9.62. The Balaban J connectivity index is 1.41. The van der Waals surface area contributed by atoms with Gasteiger partial charge in [0.1, 0.15) is 11.5 Å². The van der Waals surface area contributed by atoms with Gasteiger partial charge in [-0.15, -0.1) is 0 Å². The van der Waals surface area contributed by atoms with Crippen molar-refractivity contribution in [1.82, 2.24) is 9.62 Å². The van der Waals surface area contributed by atoms with E-state index in [0.29, 0.717) is 35.9 Å². The number of hydrogen-bond acceptors (Lipinski definition) is 6. The molecule has 0 saturated heterocycles. The fourth-order valence-corrected chi connectivity index (χ4v) is 6.47. The minimum absolute atomic E-state index is 0.0197. The maximum absolute atomic E-state index is 14.0. The van der Waals surface area contributed by atoms with E-state index in [1.165, 1.54) is 15.3 Å². The SMILES string of the molecule is CCOc1ccc(S(=O)(=O)N(CC(=O)N2C[C@H](C(=O)NCc3ccccc3)Oc3ccccc32)Cc2ccccc2)cc1C. The van der Waals surface area contributed by atoms with Crippen LogP contribution < -0.4 is 19.7 Å². The molecule has 4 aromatic carbocycles. The summed E-state index contributed by atoms with van der Waals surface area (Å²) in [5, 5.41) is 2.88. The van der Waals surface area contributed by atoms with E-state index in [2.05, 4.69) is 5.32 Å². The van der Waals surface area contributed by atoms with Gasteiger partial charge in [0, 0.05) is 13.1 Å². The molecule has 0 saturated carbocycles. The highest BCUT2D eigenvalue weighted by Gasteiger charge is 2.36. The van der Waals surface area contributed by atoms with Crippen LogP contribution in [0.4, 0.5) is 5.69 Å². The van der Waals surface area contributed by atoms with Gasteiger partial charge in [0.05, 0.1) is 30.3 Å². The zero-order chi connectivity index (χ0) is 31.1. The van der Waals surface area contributed by atoms with Crippen molar-refractivity contribution in [3.8, 4) is 11.5 Å². The van der Waals surface area contributed by atoms with Gasteiger partial charge in [-0.2, -0.15) is 4.31 Å². The van der Waals surface area contributed by atoms with Crippen LogP contribution in [0.15, 0.2) is 108 Å². The molecule has 0 bridgehead atoms. The van der Waals surface area contributed by atoms with Gasteiger partial charge in [-0.3, -0.25) is 9.59 Å². The summed E-state index contributed by atoms with van der Waals surface area (Å²) < 4.78 is 40.8. The molecule has 1 N–H and O–H groups in total. The summed E-state index contributed by atoms with van der Waals surface area (Å²) in [5.74, 6) is 0.105. The molecule has 10 heteroatoms. The van der Waals surface area contributed by atoms with Gasteiger partial charge in [0.2, 0.25) is 15.9 Å². The van der Waals surface area contributed by atoms with Gasteiger partial charge in [-0.1, -0.05) is 72.8 Å². The monoisotopic (exact) mass is 613 g/mol. The van der Waals surface area contributed by atoms with Crippen LogP contribution in [0.2, 0.25) is 0 Å². The van der Waals surface area contributed by atoms with E-state index in [1.54, 1.807) is 43.3 Å². The van der Waals surface area contributed by atoms with E-state index in [1.807, 2.05) is 67.6 Å². The first-order chi connectivity index (χ1) is 21.3. The fourth-order valence-electron chi connectivity index (χ4n) is 5.00. The Bertz CT molecular complexity index is 1710. The number of sulfonamides is 1. The predicted molar refractivity (Wildman–Crippen MR) is 168 cm³/mol. The van der Waals surface area contributed by atoms with Crippen molar-refractivity contribution in [2.24, 2.45) is 0 Å². The van der Waals surface area contributed by atoms with Crippen molar-refractivity contribution in [2.75, 3.05) is 24.6 Å². The molecule has 4 aromatic rings. The van der Waals surface area contributed by atoms with E-state index in [9.17, 15) is 18.0 Å². The van der Waals surface area contributed by atoms with Gasteiger partial charge in [-0.05, 0) is 60.9 Å². The molecular formula is C34H35N3O6S. The highest BCUT2D eigenvalue weighted by atomic mass is 32.2. The first kappa shape index (κ1) is 30.8. The van der Waals surface area contributed by atoms with Crippen LogP contribution in [0.5, 0.6) is 11.5 Å². The summed E-state index contributed by atoms with van der Waals surface area (Å²) in [6.07, 6.45) is -0.981. The lowest BCUT2D eigenvalue weighted by atomic mass is 10.1. The molecule has 0 aliphatic carbocycles. The summed E-state index contributed by atoms with van der Waals surface area (Å²) in [5.41, 5.74) is 2.80. The predicted octanol–water partition coefficient (Wildman–Crippen LogP) is 4.70. The van der Waals surface area contributed by atoms with Crippen molar-refractivity contribution < 1.29 is 27.5 Å². The number of para-hydroxylation sites is 2. The number of rotatable bonds is 11. The molecule has 1 aliphatic heterocycles. The van der Waals surface area contributed by atoms with Gasteiger partial charge in [0.15, 0.2) is 6.10 Å². The Morgan fingerprint density at radius 1 is 0.932 bits per heavy atom. The van der Waals surface area contributed by atoms with Crippen LogP contribution in [-0.4, -0.2) is 50.3 Å². The maximum atomic E-state index is 14.0. The average molecular weight is 614 g/mol. The molecule has 0 aromatic heterocycles. The van der Waals surface area contributed by atoms with Crippen LogP contribution in [0, 0.1) is 6.92 Å². The molecule has 0 unspecified atom stereocenters. The number of hydrogen-bond donors (Lipinski definition) is 1. The summed E-state index contributed by atoms with van der Waals surface area (Å²) in [7, 11) is -4.11. The topological polar surface area (TPSA) is 105 Å². The van der Waals surface area contributed by atoms with Gasteiger partial charge >= 0.3 is 0 Å². The Labute approximate surface area is 258 Å². The largest absolute Gasteiger partial charge is 0.494 e. The third-order valence-corrected chi connectivity index (χ3v) is 9.06. The number of anilines is 1. The molecule has 1 heterocycles. The van der Waals surface area contributed by atoms with Crippen molar-refractivity contribution in [3.63, 3.8) is 0 Å². The molecule has 5 rings (SSSR count). The fraction of sp³-hybridized carbons (Fsp3) is 0.235. The summed E-state index contributed by atoms with van der Waals surface area (Å²) >= 11 is 0. The van der Waals surface area contributed by atoms with E-state index < -0.39 is 28.6 Å². The van der Waals surface area contributed by atoms with Crippen LogP contribution in [0.3, 0.4) is 0 Å². The van der Waals surface area contributed by atoms with Crippen LogP contribution in [0.1, 0.15) is 23.6 Å². The first-order valence-electron chi connectivity index (χ1n) is 14.4. The third-order valence-electron chi connectivity index (χ3n) is 7.27. The quantitative estimate of drug-likeness (QED) is 0.263. The molecular weight excluding hydrogens is 578 g/mol. The number of benzene rings is 4. The van der Waals surface area contributed by atoms with Crippen LogP contribution in [-0.2, 0) is 32.7 Å². The van der Waals surface area contributed by atoms with Crippen LogP contribution >= 0.6 is 0 Å². The molecule has 0 fully saturated rings. The maximum Gasteiger partial charge on any atom is 0.263 e.